The molecule has 3 N–H and O–H groups in total. The molecule has 108 valence electrons. The summed E-state index contributed by atoms with van der Waals surface area (Å²) >= 11 is 0. The Morgan fingerprint density at radius 1 is 1.30 bits per heavy atom. The molecule has 20 heavy (non-hydrogen) atoms. The van der Waals surface area contributed by atoms with E-state index < -0.39 is 10.0 Å². The highest BCUT2D eigenvalue weighted by atomic mass is 32.2. The third-order valence-electron chi connectivity index (χ3n) is 3.25. The number of amides is 1. The van der Waals surface area contributed by atoms with Crippen LogP contribution in [0.2, 0.25) is 0 Å². The SMILES string of the molecule is Cc1cc(C(=O)NC2CC=CCC2)cc(S(N)(=O)=O)c1. The van der Waals surface area contributed by atoms with Crippen LogP contribution in [0.15, 0.2) is 35.2 Å². The Labute approximate surface area is 118 Å². The lowest BCUT2D eigenvalue weighted by molar-refractivity contribution is 0.0934. The maximum atomic E-state index is 12.2. The molecule has 0 bridgehead atoms. The van der Waals surface area contributed by atoms with Gasteiger partial charge in [-0.15, -0.1) is 0 Å². The van der Waals surface area contributed by atoms with E-state index in [1.54, 1.807) is 13.0 Å². The Morgan fingerprint density at radius 2 is 2.05 bits per heavy atom. The highest BCUT2D eigenvalue weighted by Gasteiger charge is 2.17. The summed E-state index contributed by atoms with van der Waals surface area (Å²) < 4.78 is 22.8. The number of hydrogen-bond donors (Lipinski definition) is 2. The third kappa shape index (κ3) is 3.68. The van der Waals surface area contributed by atoms with E-state index in [1.807, 2.05) is 6.08 Å². The molecule has 0 saturated carbocycles. The van der Waals surface area contributed by atoms with E-state index in [1.165, 1.54) is 12.1 Å². The highest BCUT2D eigenvalue weighted by Crippen LogP contribution is 2.15. The first kappa shape index (κ1) is 14.7. The molecular formula is C14H18N2O3S. The van der Waals surface area contributed by atoms with Crippen molar-refractivity contribution in [2.45, 2.75) is 37.1 Å². The van der Waals surface area contributed by atoms with Gasteiger partial charge in [-0.25, -0.2) is 13.6 Å². The minimum Gasteiger partial charge on any atom is -0.349 e. The van der Waals surface area contributed by atoms with Gasteiger partial charge in [0.2, 0.25) is 10.0 Å². The van der Waals surface area contributed by atoms with E-state index in [0.29, 0.717) is 11.1 Å². The number of primary sulfonamides is 1. The molecular weight excluding hydrogens is 276 g/mol. The van der Waals surface area contributed by atoms with Crippen molar-refractivity contribution in [2.24, 2.45) is 5.14 Å². The summed E-state index contributed by atoms with van der Waals surface area (Å²) in [6.07, 6.45) is 6.78. The molecule has 0 radical (unpaired) electrons. The molecule has 0 aromatic heterocycles. The second kappa shape index (κ2) is 5.76. The monoisotopic (exact) mass is 294 g/mol. The number of benzene rings is 1. The average Bonchev–Trinajstić information content (AvgIpc) is 2.38. The summed E-state index contributed by atoms with van der Waals surface area (Å²) in [7, 11) is -3.81. The van der Waals surface area contributed by atoms with E-state index in [-0.39, 0.29) is 16.8 Å². The predicted molar refractivity (Wildman–Crippen MR) is 76.8 cm³/mol. The molecule has 1 aliphatic carbocycles. The number of carbonyl (C=O) groups is 1. The summed E-state index contributed by atoms with van der Waals surface area (Å²) in [6, 6.07) is 4.53. The molecule has 1 aromatic rings. The number of hydrogen-bond acceptors (Lipinski definition) is 3. The number of nitrogens with one attached hydrogen (secondary N) is 1. The van der Waals surface area contributed by atoms with E-state index in [9.17, 15) is 13.2 Å². The van der Waals surface area contributed by atoms with Crippen LogP contribution in [0.25, 0.3) is 0 Å². The third-order valence-corrected chi connectivity index (χ3v) is 4.14. The molecule has 1 aromatic carbocycles. The summed E-state index contributed by atoms with van der Waals surface area (Å²) in [6.45, 7) is 1.73. The molecule has 1 amide bonds. The molecule has 1 atom stereocenters. The van der Waals surface area contributed by atoms with Gasteiger partial charge >= 0.3 is 0 Å². The molecule has 0 heterocycles. The Morgan fingerprint density at radius 3 is 2.65 bits per heavy atom. The van der Waals surface area contributed by atoms with Crippen LogP contribution in [0.3, 0.4) is 0 Å². The lowest BCUT2D eigenvalue weighted by Gasteiger charge is -2.19. The number of sulfonamides is 1. The van der Waals surface area contributed by atoms with Gasteiger partial charge in [0, 0.05) is 11.6 Å². The van der Waals surface area contributed by atoms with Gasteiger partial charge in [0.05, 0.1) is 4.90 Å². The maximum Gasteiger partial charge on any atom is 0.251 e. The standard InChI is InChI=1S/C14H18N2O3S/c1-10-7-11(9-13(8-10)20(15,18)19)14(17)16-12-5-3-2-4-6-12/h2-3,7-9,12H,4-6H2,1H3,(H,16,17)(H2,15,18,19). The van der Waals surface area contributed by atoms with Gasteiger partial charge in [-0.3, -0.25) is 4.79 Å². The quantitative estimate of drug-likeness (QED) is 0.827. The van der Waals surface area contributed by atoms with Gasteiger partial charge in [0.15, 0.2) is 0 Å². The van der Waals surface area contributed by atoms with Gasteiger partial charge in [-0.1, -0.05) is 12.2 Å². The van der Waals surface area contributed by atoms with Gasteiger partial charge in [0.1, 0.15) is 0 Å². The van der Waals surface area contributed by atoms with Crippen molar-refractivity contribution in [1.29, 1.82) is 0 Å². The number of aryl methyl sites for hydroxylation is 1. The Bertz CT molecular complexity index is 650. The maximum absolute atomic E-state index is 12.2. The number of rotatable bonds is 3. The smallest absolute Gasteiger partial charge is 0.251 e. The first-order valence-corrected chi connectivity index (χ1v) is 8.01. The fraction of sp³-hybridized carbons (Fsp3) is 0.357. The van der Waals surface area contributed by atoms with Crippen LogP contribution in [0.5, 0.6) is 0 Å². The zero-order valence-electron chi connectivity index (χ0n) is 11.3. The van der Waals surface area contributed by atoms with Crippen LogP contribution in [0.1, 0.15) is 35.2 Å². The summed E-state index contributed by atoms with van der Waals surface area (Å²) in [5, 5.41) is 8.03. The van der Waals surface area contributed by atoms with E-state index in [4.69, 9.17) is 5.14 Å². The largest absolute Gasteiger partial charge is 0.349 e. The Balaban J connectivity index is 2.21. The summed E-state index contributed by atoms with van der Waals surface area (Å²) in [5.41, 5.74) is 1.01. The van der Waals surface area contributed by atoms with Crippen molar-refractivity contribution in [3.8, 4) is 0 Å². The fourth-order valence-corrected chi connectivity index (χ4v) is 2.88. The lowest BCUT2D eigenvalue weighted by atomic mass is 10.0. The summed E-state index contributed by atoms with van der Waals surface area (Å²) in [4.78, 5) is 12.1. The lowest BCUT2D eigenvalue weighted by Crippen LogP contribution is -2.35. The van der Waals surface area contributed by atoms with Gasteiger partial charge in [-0.05, 0) is 49.9 Å². The molecule has 0 spiro atoms. The van der Waals surface area contributed by atoms with Crippen LogP contribution in [0.4, 0.5) is 0 Å². The minimum absolute atomic E-state index is 0.0359. The number of nitrogens with two attached hydrogens (primary N) is 1. The van der Waals surface area contributed by atoms with Crippen LogP contribution in [-0.2, 0) is 10.0 Å². The second-order valence-corrected chi connectivity index (χ2v) is 6.60. The average molecular weight is 294 g/mol. The minimum atomic E-state index is -3.81. The molecule has 6 heteroatoms. The van der Waals surface area contributed by atoms with Crippen molar-refractivity contribution in [1.82, 2.24) is 5.32 Å². The number of allylic oxidation sites excluding steroid dienone is 1. The molecule has 0 fully saturated rings. The predicted octanol–water partition coefficient (Wildman–Crippen LogP) is 1.48. The Kier molecular flexibility index (Phi) is 4.25. The molecule has 0 aliphatic heterocycles. The number of carbonyl (C=O) groups excluding carboxylic acids is 1. The van der Waals surface area contributed by atoms with E-state index >= 15 is 0 Å². The van der Waals surface area contributed by atoms with Crippen LogP contribution in [0, 0.1) is 6.92 Å². The molecule has 1 aliphatic rings. The normalized spacial score (nSPS) is 18.8. The van der Waals surface area contributed by atoms with Crippen LogP contribution in [-0.4, -0.2) is 20.4 Å². The molecule has 1 unspecified atom stereocenters. The second-order valence-electron chi connectivity index (χ2n) is 5.03. The van der Waals surface area contributed by atoms with Crippen molar-refractivity contribution >= 4 is 15.9 Å². The van der Waals surface area contributed by atoms with E-state index in [0.717, 1.165) is 19.3 Å². The van der Waals surface area contributed by atoms with E-state index in [2.05, 4.69) is 11.4 Å². The highest BCUT2D eigenvalue weighted by molar-refractivity contribution is 7.89. The van der Waals surface area contributed by atoms with Crippen molar-refractivity contribution < 1.29 is 13.2 Å². The first-order valence-electron chi connectivity index (χ1n) is 6.46. The van der Waals surface area contributed by atoms with Crippen molar-refractivity contribution in [2.75, 3.05) is 0 Å². The van der Waals surface area contributed by atoms with Crippen molar-refractivity contribution in [3.63, 3.8) is 0 Å². The zero-order valence-corrected chi connectivity index (χ0v) is 12.1. The van der Waals surface area contributed by atoms with Gasteiger partial charge in [-0.2, -0.15) is 0 Å². The zero-order chi connectivity index (χ0) is 14.8. The molecule has 2 rings (SSSR count). The topological polar surface area (TPSA) is 89.3 Å². The summed E-state index contributed by atoms with van der Waals surface area (Å²) in [5.74, 6) is -0.265. The molecule has 5 nitrogen and oxygen atoms in total. The van der Waals surface area contributed by atoms with Gasteiger partial charge in [0.25, 0.3) is 5.91 Å². The molecule has 0 saturated heterocycles. The first-order chi connectivity index (χ1) is 9.36. The van der Waals surface area contributed by atoms with Crippen molar-refractivity contribution in [3.05, 3.63) is 41.5 Å². The van der Waals surface area contributed by atoms with Gasteiger partial charge < -0.3 is 5.32 Å². The van der Waals surface area contributed by atoms with Crippen LogP contribution < -0.4 is 10.5 Å². The van der Waals surface area contributed by atoms with Crippen LogP contribution >= 0.6 is 0 Å². The Hall–Kier alpha value is -1.66. The fourth-order valence-electron chi connectivity index (χ4n) is 2.24.